The van der Waals surface area contributed by atoms with Gasteiger partial charge in [-0.25, -0.2) is 4.98 Å². The zero-order valence-electron chi connectivity index (χ0n) is 17.1. The number of anilines is 1. The van der Waals surface area contributed by atoms with Crippen molar-refractivity contribution in [1.82, 2.24) is 14.9 Å². The van der Waals surface area contributed by atoms with Crippen LogP contribution < -0.4 is 5.32 Å². The van der Waals surface area contributed by atoms with Gasteiger partial charge in [-0.05, 0) is 45.2 Å². The van der Waals surface area contributed by atoms with E-state index in [0.29, 0.717) is 27.6 Å². The molecule has 2 amide bonds. The quantitative estimate of drug-likeness (QED) is 0.488. The van der Waals surface area contributed by atoms with Crippen LogP contribution >= 0.6 is 11.8 Å². The van der Waals surface area contributed by atoms with Crippen LogP contribution in [-0.2, 0) is 4.79 Å². The molecule has 156 valence electrons. The minimum Gasteiger partial charge on any atom is -0.443 e. The molecule has 1 aromatic carbocycles. The first-order chi connectivity index (χ1) is 14.5. The van der Waals surface area contributed by atoms with Crippen LogP contribution in [0.5, 0.6) is 0 Å². The first-order valence-corrected chi connectivity index (χ1v) is 11.1. The number of thioether (sulfide) groups is 1. The molecule has 30 heavy (non-hydrogen) atoms. The highest BCUT2D eigenvalue weighted by Gasteiger charge is 2.21. The number of aromatic nitrogens is 2. The number of fused-ring (bicyclic) bond motifs is 1. The third kappa shape index (κ3) is 4.33. The van der Waals surface area contributed by atoms with E-state index in [4.69, 9.17) is 4.42 Å². The number of amides is 2. The molecule has 0 atom stereocenters. The highest BCUT2D eigenvalue weighted by Crippen LogP contribution is 2.31. The third-order valence-corrected chi connectivity index (χ3v) is 6.14. The molecule has 1 fully saturated rings. The first kappa shape index (κ1) is 20.4. The van der Waals surface area contributed by atoms with E-state index in [1.165, 1.54) is 18.2 Å². The average Bonchev–Trinajstić information content (AvgIpc) is 3.06. The Bertz CT molecular complexity index is 1070. The summed E-state index contributed by atoms with van der Waals surface area (Å²) in [5, 5.41) is 3.98. The second kappa shape index (κ2) is 8.87. The summed E-state index contributed by atoms with van der Waals surface area (Å²) in [6, 6.07) is 8.97. The van der Waals surface area contributed by atoms with Crippen molar-refractivity contribution in [3.05, 3.63) is 47.2 Å². The van der Waals surface area contributed by atoms with Crippen LogP contribution in [0, 0.1) is 13.8 Å². The fraction of sp³-hybridized carbons (Fsp3) is 0.364. The SMILES string of the molecule is Cc1oc2nc(SCC(=O)N3CCCCC3)nc(NC(=O)c3ccccc3)c2c1C. The topological polar surface area (TPSA) is 88.3 Å². The Morgan fingerprint density at radius 2 is 1.83 bits per heavy atom. The number of furan rings is 1. The van der Waals surface area contributed by atoms with Crippen LogP contribution in [0.4, 0.5) is 5.82 Å². The Hall–Kier alpha value is -2.87. The molecule has 2 aromatic heterocycles. The lowest BCUT2D eigenvalue weighted by Crippen LogP contribution is -2.36. The summed E-state index contributed by atoms with van der Waals surface area (Å²) in [5.41, 5.74) is 1.84. The van der Waals surface area contributed by atoms with Crippen LogP contribution in [0.25, 0.3) is 11.1 Å². The van der Waals surface area contributed by atoms with Gasteiger partial charge in [-0.1, -0.05) is 30.0 Å². The monoisotopic (exact) mass is 424 g/mol. The lowest BCUT2D eigenvalue weighted by atomic mass is 10.1. The van der Waals surface area contributed by atoms with Crippen molar-refractivity contribution in [2.24, 2.45) is 0 Å². The lowest BCUT2D eigenvalue weighted by Gasteiger charge is -2.26. The molecular weight excluding hydrogens is 400 g/mol. The summed E-state index contributed by atoms with van der Waals surface area (Å²) in [6.07, 6.45) is 3.29. The molecule has 0 bridgehead atoms. The van der Waals surface area contributed by atoms with Crippen molar-refractivity contribution >= 4 is 40.5 Å². The van der Waals surface area contributed by atoms with Crippen molar-refractivity contribution in [3.63, 3.8) is 0 Å². The maximum atomic E-state index is 12.7. The number of piperidine rings is 1. The normalized spacial score (nSPS) is 14.1. The lowest BCUT2D eigenvalue weighted by molar-refractivity contribution is -0.129. The fourth-order valence-electron chi connectivity index (χ4n) is 3.52. The molecule has 4 rings (SSSR count). The van der Waals surface area contributed by atoms with Gasteiger partial charge < -0.3 is 14.6 Å². The highest BCUT2D eigenvalue weighted by molar-refractivity contribution is 7.99. The van der Waals surface area contributed by atoms with Gasteiger partial charge in [0, 0.05) is 24.2 Å². The minimum atomic E-state index is -0.255. The van der Waals surface area contributed by atoms with Crippen LogP contribution in [0.2, 0.25) is 0 Å². The van der Waals surface area contributed by atoms with Gasteiger partial charge in [0.1, 0.15) is 11.6 Å². The number of rotatable bonds is 5. The van der Waals surface area contributed by atoms with Gasteiger partial charge >= 0.3 is 0 Å². The fourth-order valence-corrected chi connectivity index (χ4v) is 4.25. The first-order valence-electron chi connectivity index (χ1n) is 10.1. The zero-order chi connectivity index (χ0) is 21.1. The average molecular weight is 425 g/mol. The number of likely N-dealkylation sites (tertiary alicyclic amines) is 1. The Balaban J connectivity index is 1.58. The van der Waals surface area contributed by atoms with E-state index in [-0.39, 0.29) is 17.6 Å². The molecule has 0 saturated carbocycles. The number of nitrogens with zero attached hydrogens (tertiary/aromatic N) is 3. The molecule has 0 aliphatic carbocycles. The zero-order valence-corrected chi connectivity index (χ0v) is 17.9. The number of hydrogen-bond acceptors (Lipinski definition) is 6. The third-order valence-electron chi connectivity index (χ3n) is 5.31. The second-order valence-corrected chi connectivity index (χ2v) is 8.31. The van der Waals surface area contributed by atoms with Crippen LogP contribution in [-0.4, -0.2) is 45.5 Å². The van der Waals surface area contributed by atoms with Crippen LogP contribution in [0.1, 0.15) is 40.9 Å². The van der Waals surface area contributed by atoms with Gasteiger partial charge in [0.15, 0.2) is 5.16 Å². The summed E-state index contributed by atoms with van der Waals surface area (Å²) < 4.78 is 5.78. The van der Waals surface area contributed by atoms with Gasteiger partial charge in [0.2, 0.25) is 11.6 Å². The van der Waals surface area contributed by atoms with Crippen molar-refractivity contribution in [1.29, 1.82) is 0 Å². The van der Waals surface area contributed by atoms with Crippen LogP contribution in [0.15, 0.2) is 39.9 Å². The molecule has 1 N–H and O–H groups in total. The van der Waals surface area contributed by atoms with Crippen molar-refractivity contribution in [3.8, 4) is 0 Å². The number of hydrogen-bond donors (Lipinski definition) is 1. The smallest absolute Gasteiger partial charge is 0.256 e. The predicted octanol–water partition coefficient (Wildman–Crippen LogP) is 4.20. The Labute approximate surface area is 179 Å². The summed E-state index contributed by atoms with van der Waals surface area (Å²) >= 11 is 1.26. The van der Waals surface area contributed by atoms with Gasteiger partial charge in [-0.3, -0.25) is 9.59 Å². The molecule has 0 radical (unpaired) electrons. The van der Waals surface area contributed by atoms with Crippen molar-refractivity contribution in [2.75, 3.05) is 24.2 Å². The van der Waals surface area contributed by atoms with E-state index in [0.717, 1.165) is 37.3 Å². The van der Waals surface area contributed by atoms with E-state index >= 15 is 0 Å². The predicted molar refractivity (Wildman–Crippen MR) is 117 cm³/mol. The molecule has 1 aliphatic heterocycles. The summed E-state index contributed by atoms with van der Waals surface area (Å²) in [7, 11) is 0. The Morgan fingerprint density at radius 3 is 2.57 bits per heavy atom. The number of carbonyl (C=O) groups excluding carboxylic acids is 2. The van der Waals surface area contributed by atoms with Gasteiger partial charge in [-0.15, -0.1) is 0 Å². The molecule has 3 heterocycles. The summed E-state index contributed by atoms with van der Waals surface area (Å²) in [4.78, 5) is 36.1. The number of carbonyl (C=O) groups is 2. The molecule has 3 aromatic rings. The van der Waals surface area contributed by atoms with E-state index in [1.807, 2.05) is 36.9 Å². The molecule has 7 nitrogen and oxygen atoms in total. The molecule has 1 aliphatic rings. The Morgan fingerprint density at radius 1 is 1.10 bits per heavy atom. The molecule has 8 heteroatoms. The van der Waals surface area contributed by atoms with E-state index in [2.05, 4.69) is 15.3 Å². The summed E-state index contributed by atoms with van der Waals surface area (Å²) in [6.45, 7) is 5.39. The second-order valence-electron chi connectivity index (χ2n) is 7.37. The maximum Gasteiger partial charge on any atom is 0.256 e. The van der Waals surface area contributed by atoms with Gasteiger partial charge in [0.25, 0.3) is 5.91 Å². The van der Waals surface area contributed by atoms with E-state index in [1.54, 1.807) is 12.1 Å². The molecular formula is C22H24N4O3S. The van der Waals surface area contributed by atoms with E-state index in [9.17, 15) is 9.59 Å². The largest absolute Gasteiger partial charge is 0.443 e. The molecule has 1 saturated heterocycles. The highest BCUT2D eigenvalue weighted by atomic mass is 32.2. The number of nitrogens with one attached hydrogen (secondary N) is 1. The van der Waals surface area contributed by atoms with Crippen LogP contribution in [0.3, 0.4) is 0 Å². The van der Waals surface area contributed by atoms with E-state index < -0.39 is 0 Å². The van der Waals surface area contributed by atoms with Gasteiger partial charge in [-0.2, -0.15) is 4.98 Å². The number of benzene rings is 1. The summed E-state index contributed by atoms with van der Waals surface area (Å²) in [5.74, 6) is 1.22. The maximum absolute atomic E-state index is 12.7. The Kier molecular flexibility index (Phi) is 6.03. The van der Waals surface area contributed by atoms with Crippen molar-refractivity contribution in [2.45, 2.75) is 38.3 Å². The molecule has 0 spiro atoms. The standard InChI is InChI=1S/C22H24N4O3S/c1-14-15(2)29-21-18(14)19(23-20(28)16-9-5-3-6-10-16)24-22(25-21)30-13-17(27)26-11-7-4-8-12-26/h3,5-6,9-10H,4,7-8,11-13H2,1-2H3,(H,23,24,25,28). The molecule has 0 unspecified atom stereocenters. The minimum absolute atomic E-state index is 0.0880. The number of aryl methyl sites for hydroxylation is 2. The van der Waals surface area contributed by atoms with Crippen molar-refractivity contribution < 1.29 is 14.0 Å². The van der Waals surface area contributed by atoms with Gasteiger partial charge in [0.05, 0.1) is 11.1 Å².